The van der Waals surface area contributed by atoms with Gasteiger partial charge in [-0.3, -0.25) is 4.79 Å². The topological polar surface area (TPSA) is 94.5 Å². The van der Waals surface area contributed by atoms with E-state index in [1.54, 1.807) is 6.92 Å². The second kappa shape index (κ2) is 6.19. The maximum Gasteiger partial charge on any atom is 0.276 e. The van der Waals surface area contributed by atoms with Gasteiger partial charge in [-0.15, -0.1) is 10.2 Å². The molecule has 4 heterocycles. The Morgan fingerprint density at radius 2 is 2.12 bits per heavy atom. The Hall–Kier alpha value is -2.22. The van der Waals surface area contributed by atoms with Crippen LogP contribution in [0.15, 0.2) is 15.0 Å². The summed E-state index contributed by atoms with van der Waals surface area (Å²) in [6.45, 7) is 3.77. The minimum absolute atomic E-state index is 0.0647. The molecule has 26 heavy (non-hydrogen) atoms. The maximum atomic E-state index is 12.9. The molecule has 0 unspecified atom stereocenters. The summed E-state index contributed by atoms with van der Waals surface area (Å²) in [5, 5.41) is 12.2. The van der Waals surface area contributed by atoms with Crippen molar-refractivity contribution in [2.45, 2.75) is 50.5 Å². The van der Waals surface area contributed by atoms with E-state index in [4.69, 9.17) is 13.7 Å². The summed E-state index contributed by atoms with van der Waals surface area (Å²) in [4.78, 5) is 14.8. The minimum Gasteiger partial charge on any atom is -0.425 e. The van der Waals surface area contributed by atoms with Crippen molar-refractivity contribution in [3.63, 3.8) is 0 Å². The zero-order chi connectivity index (χ0) is 17.7. The summed E-state index contributed by atoms with van der Waals surface area (Å²) in [6, 6.07) is 1.81. The molecular formula is C18H22N4O4. The first-order chi connectivity index (χ1) is 12.7. The fraction of sp³-hybridized carbons (Fsp3) is 0.667. The van der Waals surface area contributed by atoms with Crippen molar-refractivity contribution < 1.29 is 18.5 Å². The number of likely N-dealkylation sites (tertiary alicyclic amines) is 1. The minimum atomic E-state index is -0.0647. The molecule has 1 amide bonds. The second-order valence-corrected chi connectivity index (χ2v) is 7.56. The lowest BCUT2D eigenvalue weighted by Crippen LogP contribution is -2.51. The highest BCUT2D eigenvalue weighted by molar-refractivity contribution is 5.92. The van der Waals surface area contributed by atoms with Crippen LogP contribution in [0.4, 0.5) is 0 Å². The third-order valence-electron chi connectivity index (χ3n) is 5.74. The normalized spacial score (nSPS) is 28.8. The van der Waals surface area contributed by atoms with Gasteiger partial charge in [0.05, 0.1) is 6.10 Å². The highest BCUT2D eigenvalue weighted by Gasteiger charge is 2.43. The number of nitrogens with zero attached hydrogens (tertiary/aromatic N) is 4. The van der Waals surface area contributed by atoms with Crippen LogP contribution in [-0.4, -0.2) is 52.0 Å². The molecule has 1 aliphatic carbocycles. The number of fused-ring (bicyclic) bond motifs is 1. The molecule has 0 radical (unpaired) electrons. The number of carbonyl (C=O) groups is 1. The van der Waals surface area contributed by atoms with Gasteiger partial charge in [-0.05, 0) is 25.7 Å². The Bertz CT molecular complexity index is 812. The second-order valence-electron chi connectivity index (χ2n) is 7.56. The van der Waals surface area contributed by atoms with Gasteiger partial charge >= 0.3 is 0 Å². The molecule has 0 spiro atoms. The quantitative estimate of drug-likeness (QED) is 0.830. The van der Waals surface area contributed by atoms with Crippen LogP contribution < -0.4 is 0 Å². The van der Waals surface area contributed by atoms with E-state index >= 15 is 0 Å². The van der Waals surface area contributed by atoms with Gasteiger partial charge in [0.1, 0.15) is 5.76 Å². The first-order valence-corrected chi connectivity index (χ1v) is 9.36. The number of hydrogen-bond acceptors (Lipinski definition) is 7. The molecule has 3 fully saturated rings. The Morgan fingerprint density at radius 3 is 2.88 bits per heavy atom. The lowest BCUT2D eigenvalue weighted by atomic mass is 9.79. The van der Waals surface area contributed by atoms with Crippen LogP contribution in [0.2, 0.25) is 0 Å². The van der Waals surface area contributed by atoms with Gasteiger partial charge in [0.15, 0.2) is 5.69 Å². The molecule has 0 N–H and O–H groups in total. The molecule has 8 nitrogen and oxygen atoms in total. The average Bonchev–Trinajstić information content (AvgIpc) is 3.23. The SMILES string of the molecule is Cc1nnc([C@@H]2CCO[C@@H]3CCN(C(=O)c4cc(C5CC5)on4)C[C@@H]32)o1. The van der Waals surface area contributed by atoms with Gasteiger partial charge in [-0.25, -0.2) is 0 Å². The Morgan fingerprint density at radius 1 is 1.23 bits per heavy atom. The van der Waals surface area contributed by atoms with Crippen LogP contribution in [0.3, 0.4) is 0 Å². The van der Waals surface area contributed by atoms with Gasteiger partial charge in [-0.1, -0.05) is 5.16 Å². The first kappa shape index (κ1) is 16.0. The molecule has 5 rings (SSSR count). The number of carbonyl (C=O) groups excluding carboxylic acids is 1. The fourth-order valence-electron chi connectivity index (χ4n) is 4.18. The van der Waals surface area contributed by atoms with Crippen LogP contribution in [0.1, 0.15) is 65.5 Å². The summed E-state index contributed by atoms with van der Waals surface area (Å²) >= 11 is 0. The van der Waals surface area contributed by atoms with Gasteiger partial charge in [0.25, 0.3) is 5.91 Å². The Balaban J connectivity index is 1.34. The van der Waals surface area contributed by atoms with Crippen molar-refractivity contribution in [1.82, 2.24) is 20.3 Å². The number of rotatable bonds is 3. The number of ether oxygens (including phenoxy) is 1. The van der Waals surface area contributed by atoms with Crippen LogP contribution in [0.5, 0.6) is 0 Å². The Labute approximate surface area is 150 Å². The highest BCUT2D eigenvalue weighted by atomic mass is 16.5. The summed E-state index contributed by atoms with van der Waals surface area (Å²) < 4.78 is 17.0. The van der Waals surface area contributed by atoms with Gasteiger partial charge < -0.3 is 18.6 Å². The Kier molecular flexibility index (Phi) is 3.81. The number of piperidine rings is 1. The zero-order valence-electron chi connectivity index (χ0n) is 14.8. The van der Waals surface area contributed by atoms with Gasteiger partial charge in [0, 0.05) is 50.4 Å². The third-order valence-corrected chi connectivity index (χ3v) is 5.74. The number of aryl methyl sites for hydroxylation is 1. The highest BCUT2D eigenvalue weighted by Crippen LogP contribution is 2.41. The molecule has 2 aromatic heterocycles. The van der Waals surface area contributed by atoms with Crippen LogP contribution in [-0.2, 0) is 4.74 Å². The lowest BCUT2D eigenvalue weighted by Gasteiger charge is -2.43. The molecule has 2 saturated heterocycles. The van der Waals surface area contributed by atoms with E-state index in [1.165, 1.54) is 0 Å². The number of hydrogen-bond donors (Lipinski definition) is 0. The largest absolute Gasteiger partial charge is 0.425 e. The van der Waals surface area contributed by atoms with Gasteiger partial charge in [0.2, 0.25) is 11.8 Å². The molecule has 3 atom stereocenters. The lowest BCUT2D eigenvalue weighted by molar-refractivity contribution is -0.0752. The van der Waals surface area contributed by atoms with E-state index < -0.39 is 0 Å². The van der Waals surface area contributed by atoms with Crippen LogP contribution >= 0.6 is 0 Å². The fourth-order valence-corrected chi connectivity index (χ4v) is 4.18. The molecule has 3 aliphatic rings. The number of aromatic nitrogens is 3. The molecule has 1 saturated carbocycles. The maximum absolute atomic E-state index is 12.9. The van der Waals surface area contributed by atoms with Crippen molar-refractivity contribution in [3.8, 4) is 0 Å². The van der Waals surface area contributed by atoms with Crippen molar-refractivity contribution >= 4 is 5.91 Å². The van der Waals surface area contributed by atoms with E-state index in [-0.39, 0.29) is 23.8 Å². The van der Waals surface area contributed by atoms with E-state index in [0.717, 1.165) is 31.4 Å². The van der Waals surface area contributed by atoms with Gasteiger partial charge in [-0.2, -0.15) is 0 Å². The molecule has 0 bridgehead atoms. The van der Waals surface area contributed by atoms with E-state index in [9.17, 15) is 4.79 Å². The van der Waals surface area contributed by atoms with Crippen molar-refractivity contribution in [1.29, 1.82) is 0 Å². The predicted octanol–water partition coefficient (Wildman–Crippen LogP) is 2.28. The predicted molar refractivity (Wildman–Crippen MR) is 88.6 cm³/mol. The van der Waals surface area contributed by atoms with E-state index in [1.807, 2.05) is 11.0 Å². The summed E-state index contributed by atoms with van der Waals surface area (Å²) in [6.07, 6.45) is 4.02. The molecular weight excluding hydrogens is 336 g/mol. The molecule has 0 aromatic carbocycles. The summed E-state index contributed by atoms with van der Waals surface area (Å²) in [7, 11) is 0. The zero-order valence-corrected chi connectivity index (χ0v) is 14.8. The molecule has 2 aromatic rings. The van der Waals surface area contributed by atoms with Crippen LogP contribution in [0.25, 0.3) is 0 Å². The van der Waals surface area contributed by atoms with Crippen molar-refractivity contribution in [2.75, 3.05) is 19.7 Å². The van der Waals surface area contributed by atoms with E-state index in [0.29, 0.717) is 43.1 Å². The molecule has 8 heteroatoms. The van der Waals surface area contributed by atoms with Crippen molar-refractivity contribution in [2.24, 2.45) is 5.92 Å². The van der Waals surface area contributed by atoms with Crippen molar-refractivity contribution in [3.05, 3.63) is 29.3 Å². The third kappa shape index (κ3) is 2.82. The number of amides is 1. The molecule has 138 valence electrons. The standard InChI is InChI=1S/C18H22N4O4/c1-10-19-20-17(25-10)12-5-7-24-15-4-6-22(9-13(12)15)18(23)14-8-16(26-21-14)11-2-3-11/h8,11-13,15H,2-7,9H2,1H3/t12-,13-,15-/m1/s1. The average molecular weight is 358 g/mol. The smallest absolute Gasteiger partial charge is 0.276 e. The monoisotopic (exact) mass is 358 g/mol. The van der Waals surface area contributed by atoms with E-state index in [2.05, 4.69) is 15.4 Å². The summed E-state index contributed by atoms with van der Waals surface area (Å²) in [5.74, 6) is 2.75. The summed E-state index contributed by atoms with van der Waals surface area (Å²) in [5.41, 5.74) is 0.410. The first-order valence-electron chi connectivity index (χ1n) is 9.36. The molecule has 2 aliphatic heterocycles. The van der Waals surface area contributed by atoms with Crippen LogP contribution in [0, 0.1) is 12.8 Å².